The summed E-state index contributed by atoms with van der Waals surface area (Å²) in [5.74, 6) is -1.04. The summed E-state index contributed by atoms with van der Waals surface area (Å²) >= 11 is 0. The minimum Gasteiger partial charge on any atom is -0.478 e. The van der Waals surface area contributed by atoms with Crippen LogP contribution in [-0.2, 0) is 5.60 Å². The van der Waals surface area contributed by atoms with E-state index < -0.39 is 11.6 Å². The van der Waals surface area contributed by atoms with E-state index in [-0.39, 0.29) is 17.2 Å². The van der Waals surface area contributed by atoms with E-state index >= 15 is 0 Å². The highest BCUT2D eigenvalue weighted by Gasteiger charge is 2.37. The van der Waals surface area contributed by atoms with Gasteiger partial charge in [-0.3, -0.25) is 0 Å². The number of furan rings is 1. The zero-order valence-electron chi connectivity index (χ0n) is 9.15. The molecular formula is C11H16O4. The smallest absolute Gasteiger partial charge is 0.339 e. The number of carbonyl (C=O) groups is 1. The van der Waals surface area contributed by atoms with Gasteiger partial charge in [-0.25, -0.2) is 4.79 Å². The van der Waals surface area contributed by atoms with Gasteiger partial charge >= 0.3 is 5.97 Å². The van der Waals surface area contributed by atoms with Crippen molar-refractivity contribution in [2.75, 3.05) is 0 Å². The number of hydrogen-bond donors (Lipinski definition) is 2. The van der Waals surface area contributed by atoms with E-state index in [1.807, 2.05) is 13.8 Å². The van der Waals surface area contributed by atoms with E-state index in [2.05, 4.69) is 0 Å². The molecule has 1 unspecified atom stereocenters. The minimum atomic E-state index is -1.21. The molecule has 0 radical (unpaired) electrons. The van der Waals surface area contributed by atoms with Gasteiger partial charge in [0.2, 0.25) is 0 Å². The second-order valence-corrected chi connectivity index (χ2v) is 3.90. The minimum absolute atomic E-state index is 0.0352. The highest BCUT2D eigenvalue weighted by molar-refractivity contribution is 5.89. The van der Waals surface area contributed by atoms with Crippen LogP contribution in [0.2, 0.25) is 0 Å². The Bertz CT molecular complexity index is 353. The van der Waals surface area contributed by atoms with Crippen LogP contribution in [0.15, 0.2) is 16.7 Å². The maximum atomic E-state index is 10.9. The summed E-state index contributed by atoms with van der Waals surface area (Å²) in [6, 6.07) is 1.36. The number of hydrogen-bond acceptors (Lipinski definition) is 3. The van der Waals surface area contributed by atoms with Crippen molar-refractivity contribution in [2.45, 2.75) is 32.8 Å². The summed E-state index contributed by atoms with van der Waals surface area (Å²) in [5, 5.41) is 19.3. The molecule has 0 saturated carbocycles. The number of aliphatic hydroxyl groups is 1. The lowest BCUT2D eigenvalue weighted by molar-refractivity contribution is -0.0341. The van der Waals surface area contributed by atoms with Crippen LogP contribution in [-0.4, -0.2) is 16.2 Å². The fraction of sp³-hybridized carbons (Fsp3) is 0.545. The standard InChI is InChI=1S/C11H16O4/c1-4-11(14,7(2)3)9-8(10(12)13)5-6-15-9/h5-7,14H,4H2,1-3H3,(H,12,13). The maximum absolute atomic E-state index is 10.9. The fourth-order valence-electron chi connectivity index (χ4n) is 1.64. The molecule has 2 N–H and O–H groups in total. The lowest BCUT2D eigenvalue weighted by Crippen LogP contribution is -2.32. The molecule has 1 atom stereocenters. The number of rotatable bonds is 4. The van der Waals surface area contributed by atoms with E-state index in [0.717, 1.165) is 0 Å². The fourth-order valence-corrected chi connectivity index (χ4v) is 1.64. The van der Waals surface area contributed by atoms with E-state index in [1.54, 1.807) is 6.92 Å². The molecule has 0 amide bonds. The SMILES string of the molecule is CCC(O)(c1occc1C(=O)O)C(C)C. The molecule has 1 heterocycles. The molecule has 4 nitrogen and oxygen atoms in total. The molecule has 0 saturated heterocycles. The lowest BCUT2D eigenvalue weighted by Gasteiger charge is -2.29. The van der Waals surface area contributed by atoms with Crippen LogP contribution < -0.4 is 0 Å². The van der Waals surface area contributed by atoms with Gasteiger partial charge in [0.25, 0.3) is 0 Å². The summed E-state index contributed by atoms with van der Waals surface area (Å²) in [6.45, 7) is 5.46. The van der Waals surface area contributed by atoms with Crippen LogP contribution in [0.1, 0.15) is 43.3 Å². The average Bonchev–Trinajstić information content (AvgIpc) is 2.64. The zero-order valence-corrected chi connectivity index (χ0v) is 9.15. The van der Waals surface area contributed by atoms with Crippen molar-refractivity contribution in [3.63, 3.8) is 0 Å². The normalized spacial score (nSPS) is 15.3. The molecule has 84 valence electrons. The van der Waals surface area contributed by atoms with Gasteiger partial charge in [0.15, 0.2) is 0 Å². The molecule has 0 aromatic carbocycles. The van der Waals surface area contributed by atoms with Gasteiger partial charge < -0.3 is 14.6 Å². The summed E-state index contributed by atoms with van der Waals surface area (Å²) in [6.07, 6.45) is 1.71. The van der Waals surface area contributed by atoms with E-state index in [1.165, 1.54) is 12.3 Å². The second kappa shape index (κ2) is 4.06. The van der Waals surface area contributed by atoms with Crippen molar-refractivity contribution in [3.8, 4) is 0 Å². The molecule has 0 spiro atoms. The van der Waals surface area contributed by atoms with Crippen molar-refractivity contribution in [2.24, 2.45) is 5.92 Å². The Balaban J connectivity index is 3.24. The van der Waals surface area contributed by atoms with Crippen molar-refractivity contribution in [3.05, 3.63) is 23.7 Å². The van der Waals surface area contributed by atoms with Crippen molar-refractivity contribution < 1.29 is 19.4 Å². The number of aromatic carboxylic acids is 1. The van der Waals surface area contributed by atoms with Crippen LogP contribution in [0.3, 0.4) is 0 Å². The Morgan fingerprint density at radius 2 is 2.20 bits per heavy atom. The van der Waals surface area contributed by atoms with E-state index in [9.17, 15) is 9.90 Å². The molecule has 15 heavy (non-hydrogen) atoms. The van der Waals surface area contributed by atoms with Gasteiger partial charge in [0.05, 0.1) is 6.26 Å². The summed E-state index contributed by atoms with van der Waals surface area (Å²) in [5.41, 5.74) is -1.18. The molecule has 4 heteroatoms. The second-order valence-electron chi connectivity index (χ2n) is 3.90. The predicted octanol–water partition coefficient (Wildman–Crippen LogP) is 2.23. The van der Waals surface area contributed by atoms with Crippen LogP contribution in [0.5, 0.6) is 0 Å². The van der Waals surface area contributed by atoms with Gasteiger partial charge in [0.1, 0.15) is 16.9 Å². The van der Waals surface area contributed by atoms with Gasteiger partial charge in [0, 0.05) is 0 Å². The molecule has 0 aliphatic rings. The third-order valence-electron chi connectivity index (χ3n) is 2.78. The number of carboxylic acid groups (broad SMARTS) is 1. The van der Waals surface area contributed by atoms with Crippen LogP contribution in [0, 0.1) is 5.92 Å². The molecule has 0 fully saturated rings. The first-order valence-corrected chi connectivity index (χ1v) is 4.97. The Hall–Kier alpha value is -1.29. The quantitative estimate of drug-likeness (QED) is 0.802. The Morgan fingerprint density at radius 1 is 1.60 bits per heavy atom. The first-order valence-electron chi connectivity index (χ1n) is 4.97. The van der Waals surface area contributed by atoms with Gasteiger partial charge in [-0.05, 0) is 18.4 Å². The first-order chi connectivity index (χ1) is 6.93. The molecule has 0 aliphatic carbocycles. The van der Waals surface area contributed by atoms with Crippen molar-refractivity contribution >= 4 is 5.97 Å². The third kappa shape index (κ3) is 1.90. The lowest BCUT2D eigenvalue weighted by atomic mass is 9.84. The van der Waals surface area contributed by atoms with Crippen LogP contribution >= 0.6 is 0 Å². The molecular weight excluding hydrogens is 196 g/mol. The number of carboxylic acids is 1. The predicted molar refractivity (Wildman–Crippen MR) is 54.7 cm³/mol. The summed E-state index contributed by atoms with van der Waals surface area (Å²) in [7, 11) is 0. The molecule has 1 aromatic heterocycles. The van der Waals surface area contributed by atoms with Gasteiger partial charge in [-0.1, -0.05) is 20.8 Å². The topological polar surface area (TPSA) is 70.7 Å². The molecule has 1 rings (SSSR count). The van der Waals surface area contributed by atoms with Gasteiger partial charge in [-0.15, -0.1) is 0 Å². The first kappa shape index (κ1) is 11.8. The largest absolute Gasteiger partial charge is 0.478 e. The molecule has 1 aromatic rings. The van der Waals surface area contributed by atoms with Crippen LogP contribution in [0.4, 0.5) is 0 Å². The monoisotopic (exact) mass is 212 g/mol. The molecule has 0 bridgehead atoms. The molecule has 0 aliphatic heterocycles. The Kier molecular flexibility index (Phi) is 3.19. The maximum Gasteiger partial charge on any atom is 0.339 e. The Morgan fingerprint density at radius 3 is 2.60 bits per heavy atom. The Labute approximate surface area is 88.5 Å². The highest BCUT2D eigenvalue weighted by Crippen LogP contribution is 2.35. The third-order valence-corrected chi connectivity index (χ3v) is 2.78. The van der Waals surface area contributed by atoms with Crippen LogP contribution in [0.25, 0.3) is 0 Å². The van der Waals surface area contributed by atoms with Crippen molar-refractivity contribution in [1.82, 2.24) is 0 Å². The average molecular weight is 212 g/mol. The van der Waals surface area contributed by atoms with Gasteiger partial charge in [-0.2, -0.15) is 0 Å². The highest BCUT2D eigenvalue weighted by atomic mass is 16.4. The summed E-state index contributed by atoms with van der Waals surface area (Å²) in [4.78, 5) is 10.9. The van der Waals surface area contributed by atoms with Crippen molar-refractivity contribution in [1.29, 1.82) is 0 Å². The van der Waals surface area contributed by atoms with E-state index in [0.29, 0.717) is 6.42 Å². The zero-order chi connectivity index (χ0) is 11.6. The summed E-state index contributed by atoms with van der Waals surface area (Å²) < 4.78 is 5.11. The van der Waals surface area contributed by atoms with E-state index in [4.69, 9.17) is 9.52 Å².